The van der Waals surface area contributed by atoms with Crippen LogP contribution < -0.4 is 4.74 Å². The van der Waals surface area contributed by atoms with Crippen LogP contribution in [0.15, 0.2) is 40.6 Å². The summed E-state index contributed by atoms with van der Waals surface area (Å²) in [6, 6.07) is 7.95. The second kappa shape index (κ2) is 10.7. The Morgan fingerprint density at radius 3 is 2.48 bits per heavy atom. The van der Waals surface area contributed by atoms with Gasteiger partial charge in [-0.2, -0.15) is 4.31 Å². The topological polar surface area (TPSA) is 93.2 Å². The van der Waals surface area contributed by atoms with Gasteiger partial charge in [0.1, 0.15) is 10.6 Å². The van der Waals surface area contributed by atoms with Gasteiger partial charge in [-0.05, 0) is 47.9 Å². The van der Waals surface area contributed by atoms with Gasteiger partial charge in [-0.15, -0.1) is 11.3 Å². The van der Waals surface area contributed by atoms with E-state index in [1.54, 1.807) is 7.05 Å². The maximum Gasteiger partial charge on any atom is 0.338 e. The van der Waals surface area contributed by atoms with Crippen molar-refractivity contribution in [1.82, 2.24) is 9.21 Å². The Bertz CT molecular complexity index is 1070. The molecule has 1 saturated heterocycles. The highest BCUT2D eigenvalue weighted by atomic mass is 32.2. The van der Waals surface area contributed by atoms with Crippen LogP contribution in [0.2, 0.25) is 0 Å². The maximum atomic E-state index is 13.4. The van der Waals surface area contributed by atoms with Crippen LogP contribution >= 0.6 is 11.3 Å². The third-order valence-corrected chi connectivity index (χ3v) is 8.29. The minimum absolute atomic E-state index is 0.0428. The number of carbonyl (C=O) groups is 2. The third-order valence-electron chi connectivity index (χ3n) is 5.58. The van der Waals surface area contributed by atoms with Gasteiger partial charge in [0.05, 0.1) is 19.2 Å². The number of hydrogen-bond donors (Lipinski definition) is 0. The predicted molar refractivity (Wildman–Crippen MR) is 126 cm³/mol. The number of piperidine rings is 1. The molecule has 1 aromatic heterocycles. The molecule has 10 heteroatoms. The van der Waals surface area contributed by atoms with Crippen LogP contribution in [0.4, 0.5) is 0 Å². The average Bonchev–Trinajstić information content (AvgIpc) is 3.29. The van der Waals surface area contributed by atoms with Gasteiger partial charge in [0.15, 0.2) is 6.61 Å². The average molecular weight is 495 g/mol. The highest BCUT2D eigenvalue weighted by molar-refractivity contribution is 7.89. The monoisotopic (exact) mass is 494 g/mol. The van der Waals surface area contributed by atoms with Crippen LogP contribution in [0.3, 0.4) is 0 Å². The number of likely N-dealkylation sites (N-methyl/N-ethyl adjacent to an activating group) is 1. The molecule has 0 aliphatic carbocycles. The lowest BCUT2D eigenvalue weighted by atomic mass is 9.94. The molecule has 1 aromatic carbocycles. The molecule has 33 heavy (non-hydrogen) atoms. The van der Waals surface area contributed by atoms with Crippen LogP contribution in [0.1, 0.15) is 35.5 Å². The summed E-state index contributed by atoms with van der Waals surface area (Å²) in [5, 5.41) is 1.92. The van der Waals surface area contributed by atoms with Crippen molar-refractivity contribution in [1.29, 1.82) is 0 Å². The van der Waals surface area contributed by atoms with E-state index in [2.05, 4.69) is 0 Å². The number of methoxy groups -OCH3 is 1. The highest BCUT2D eigenvalue weighted by Gasteiger charge is 2.34. The Balaban J connectivity index is 1.73. The first kappa shape index (κ1) is 25.2. The molecule has 1 aliphatic heterocycles. The van der Waals surface area contributed by atoms with Crippen LogP contribution in [-0.2, 0) is 26.1 Å². The molecular weight excluding hydrogens is 464 g/mol. The van der Waals surface area contributed by atoms with Gasteiger partial charge in [-0.25, -0.2) is 13.2 Å². The standard InChI is InChI=1S/C23H30N2O6S2/c1-16-10-17(2)13-25(12-16)33(28,29)21-11-18(7-8-20(21)30-4)23(27)31-15-22(26)24(3)14-19-6-5-9-32-19/h5-9,11,16-17H,10,12-15H2,1-4H3. The first-order valence-corrected chi connectivity index (χ1v) is 13.1. The Morgan fingerprint density at radius 2 is 1.88 bits per heavy atom. The number of hydrogen-bond acceptors (Lipinski definition) is 7. The lowest BCUT2D eigenvalue weighted by Gasteiger charge is -2.34. The van der Waals surface area contributed by atoms with E-state index in [0.717, 1.165) is 11.3 Å². The fourth-order valence-corrected chi connectivity index (χ4v) is 6.61. The maximum absolute atomic E-state index is 13.4. The summed E-state index contributed by atoms with van der Waals surface area (Å²) in [5.41, 5.74) is 0.0428. The van der Waals surface area contributed by atoms with Crippen LogP contribution in [0, 0.1) is 11.8 Å². The zero-order valence-corrected chi connectivity index (χ0v) is 20.9. The van der Waals surface area contributed by atoms with Crippen LogP contribution in [-0.4, -0.2) is 63.4 Å². The summed E-state index contributed by atoms with van der Waals surface area (Å²) < 4.78 is 38.6. The molecule has 0 spiro atoms. The Labute approximate surface area is 199 Å². The van der Waals surface area contributed by atoms with Crippen LogP contribution in [0.5, 0.6) is 5.75 Å². The quantitative estimate of drug-likeness (QED) is 0.523. The van der Waals surface area contributed by atoms with Gasteiger partial charge in [0, 0.05) is 25.0 Å². The first-order chi connectivity index (χ1) is 15.6. The molecular formula is C23H30N2O6S2. The number of thiophene rings is 1. The number of carbonyl (C=O) groups excluding carboxylic acids is 2. The summed E-state index contributed by atoms with van der Waals surface area (Å²) in [6.07, 6.45) is 0.963. The summed E-state index contributed by atoms with van der Waals surface area (Å²) in [5.74, 6) is -0.495. The summed E-state index contributed by atoms with van der Waals surface area (Å²) in [4.78, 5) is 27.3. The smallest absolute Gasteiger partial charge is 0.338 e. The number of sulfonamides is 1. The number of rotatable bonds is 8. The molecule has 1 fully saturated rings. The minimum atomic E-state index is -3.87. The van der Waals surface area contributed by atoms with E-state index in [1.807, 2.05) is 31.4 Å². The largest absolute Gasteiger partial charge is 0.495 e. The van der Waals surface area contributed by atoms with Crippen LogP contribution in [0.25, 0.3) is 0 Å². The lowest BCUT2D eigenvalue weighted by molar-refractivity contribution is -0.133. The van der Waals surface area contributed by atoms with Crippen molar-refractivity contribution in [3.8, 4) is 5.75 Å². The molecule has 1 aliphatic rings. The van der Waals surface area contributed by atoms with Crippen molar-refractivity contribution in [3.63, 3.8) is 0 Å². The number of ether oxygens (including phenoxy) is 2. The molecule has 8 nitrogen and oxygen atoms in total. The molecule has 1 amide bonds. The molecule has 180 valence electrons. The summed E-state index contributed by atoms with van der Waals surface area (Å²) in [6.45, 7) is 4.86. The lowest BCUT2D eigenvalue weighted by Crippen LogP contribution is -2.42. The summed E-state index contributed by atoms with van der Waals surface area (Å²) in [7, 11) is -0.856. The number of esters is 1. The number of nitrogens with zero attached hydrogens (tertiary/aromatic N) is 2. The van der Waals surface area contributed by atoms with Gasteiger partial charge >= 0.3 is 5.97 Å². The van der Waals surface area contributed by atoms with E-state index in [9.17, 15) is 18.0 Å². The Morgan fingerprint density at radius 1 is 1.18 bits per heavy atom. The van der Waals surface area contributed by atoms with Gasteiger partial charge in [-0.3, -0.25) is 4.79 Å². The van der Waals surface area contributed by atoms with E-state index in [1.165, 1.54) is 45.9 Å². The fourth-order valence-electron chi connectivity index (χ4n) is 3.99. The second-order valence-electron chi connectivity index (χ2n) is 8.54. The summed E-state index contributed by atoms with van der Waals surface area (Å²) >= 11 is 1.53. The van der Waals surface area contributed by atoms with Crippen molar-refractivity contribution in [3.05, 3.63) is 46.2 Å². The third kappa shape index (κ3) is 6.13. The van der Waals surface area contributed by atoms with E-state index >= 15 is 0 Å². The number of benzene rings is 1. The molecule has 2 atom stereocenters. The Kier molecular flexibility index (Phi) is 8.14. The normalized spacial score (nSPS) is 19.2. The molecule has 0 bridgehead atoms. The van der Waals surface area contributed by atoms with Crippen molar-refractivity contribution < 1.29 is 27.5 Å². The van der Waals surface area contributed by atoms with Crippen molar-refractivity contribution in [2.75, 3.05) is 33.9 Å². The van der Waals surface area contributed by atoms with Crippen molar-refractivity contribution >= 4 is 33.2 Å². The van der Waals surface area contributed by atoms with E-state index in [0.29, 0.717) is 19.6 Å². The molecule has 0 N–H and O–H groups in total. The minimum Gasteiger partial charge on any atom is -0.495 e. The second-order valence-corrected chi connectivity index (χ2v) is 11.5. The van der Waals surface area contributed by atoms with Gasteiger partial charge in [0.25, 0.3) is 5.91 Å². The van der Waals surface area contributed by atoms with Gasteiger partial charge < -0.3 is 14.4 Å². The molecule has 2 heterocycles. The molecule has 3 rings (SSSR count). The zero-order valence-electron chi connectivity index (χ0n) is 19.3. The van der Waals surface area contributed by atoms with E-state index < -0.39 is 22.6 Å². The van der Waals surface area contributed by atoms with Gasteiger partial charge in [0.2, 0.25) is 10.0 Å². The zero-order chi connectivity index (χ0) is 24.2. The van der Waals surface area contributed by atoms with E-state index in [-0.39, 0.29) is 34.0 Å². The molecule has 2 unspecified atom stereocenters. The van der Waals surface area contributed by atoms with E-state index in [4.69, 9.17) is 9.47 Å². The fraction of sp³-hybridized carbons (Fsp3) is 0.478. The number of amides is 1. The predicted octanol–water partition coefficient (Wildman–Crippen LogP) is 3.24. The Hall–Kier alpha value is -2.43. The van der Waals surface area contributed by atoms with Gasteiger partial charge in [-0.1, -0.05) is 19.9 Å². The molecule has 2 aromatic rings. The first-order valence-electron chi connectivity index (χ1n) is 10.7. The van der Waals surface area contributed by atoms with Crippen molar-refractivity contribution in [2.45, 2.75) is 31.7 Å². The molecule has 0 saturated carbocycles. The molecule has 0 radical (unpaired) electrons. The highest BCUT2D eigenvalue weighted by Crippen LogP contribution is 2.32. The SMILES string of the molecule is COc1ccc(C(=O)OCC(=O)N(C)Cc2cccs2)cc1S(=O)(=O)N1CC(C)CC(C)C1. The van der Waals surface area contributed by atoms with Crippen molar-refractivity contribution in [2.24, 2.45) is 11.8 Å².